The fourth-order valence-electron chi connectivity index (χ4n) is 4.65. The SMILES string of the molecule is CC(Cc1nc2cc(/C=C/C(=O)NN=O)ccc2n1CC(C)(C)CN(C)C)CC(C)(C)C. The van der Waals surface area contributed by atoms with Crippen LogP contribution in [0, 0.1) is 21.7 Å². The van der Waals surface area contributed by atoms with E-state index < -0.39 is 5.91 Å². The van der Waals surface area contributed by atoms with E-state index in [-0.39, 0.29) is 10.8 Å². The maximum Gasteiger partial charge on any atom is 0.266 e. The Morgan fingerprint density at radius 2 is 1.94 bits per heavy atom. The first kappa shape index (κ1) is 25.7. The Balaban J connectivity index is 2.43. The fraction of sp³-hybridized carbons (Fsp3) is 0.600. The molecule has 32 heavy (non-hydrogen) atoms. The maximum atomic E-state index is 11.5. The Morgan fingerprint density at radius 3 is 2.53 bits per heavy atom. The number of rotatable bonds is 10. The highest BCUT2D eigenvalue weighted by molar-refractivity contribution is 5.92. The number of nitroso groups, excluding NO2 is 1. The Morgan fingerprint density at radius 1 is 1.25 bits per heavy atom. The third-order valence-corrected chi connectivity index (χ3v) is 5.26. The van der Waals surface area contributed by atoms with Gasteiger partial charge in [-0.05, 0) is 61.0 Å². The highest BCUT2D eigenvalue weighted by atomic mass is 16.3. The van der Waals surface area contributed by atoms with Gasteiger partial charge in [0.15, 0.2) is 0 Å². The molecule has 1 heterocycles. The van der Waals surface area contributed by atoms with Crippen LogP contribution in [0.15, 0.2) is 29.6 Å². The van der Waals surface area contributed by atoms with E-state index in [1.807, 2.05) is 17.6 Å². The number of hydrogen-bond donors (Lipinski definition) is 1. The molecule has 0 saturated carbocycles. The zero-order valence-corrected chi connectivity index (χ0v) is 20.9. The molecule has 1 aromatic carbocycles. The lowest BCUT2D eigenvalue weighted by molar-refractivity contribution is -0.116. The number of aromatic nitrogens is 2. The first-order chi connectivity index (χ1) is 14.8. The van der Waals surface area contributed by atoms with Crippen LogP contribution in [0.1, 0.15) is 59.4 Å². The molecule has 7 heteroatoms. The number of nitrogens with one attached hydrogen (secondary N) is 1. The predicted octanol–water partition coefficient (Wildman–Crippen LogP) is 5.05. The average Bonchev–Trinajstić information content (AvgIpc) is 2.93. The van der Waals surface area contributed by atoms with Crippen molar-refractivity contribution in [1.82, 2.24) is 19.9 Å². The molecule has 7 nitrogen and oxygen atoms in total. The molecule has 0 spiro atoms. The largest absolute Gasteiger partial charge is 0.327 e. The molecule has 1 amide bonds. The molecule has 0 aliphatic heterocycles. The molecule has 2 rings (SSSR count). The molecule has 0 aliphatic carbocycles. The summed E-state index contributed by atoms with van der Waals surface area (Å²) in [5.74, 6) is 1.07. The quantitative estimate of drug-likeness (QED) is 0.318. The van der Waals surface area contributed by atoms with Crippen molar-refractivity contribution in [2.75, 3.05) is 20.6 Å². The van der Waals surface area contributed by atoms with Crippen molar-refractivity contribution in [3.63, 3.8) is 0 Å². The summed E-state index contributed by atoms with van der Waals surface area (Å²) >= 11 is 0. The van der Waals surface area contributed by atoms with Crippen LogP contribution in [0.2, 0.25) is 0 Å². The van der Waals surface area contributed by atoms with Gasteiger partial charge in [-0.15, -0.1) is 4.91 Å². The van der Waals surface area contributed by atoms with E-state index in [0.717, 1.165) is 48.4 Å². The molecule has 0 bridgehead atoms. The molecule has 1 N–H and O–H groups in total. The minimum absolute atomic E-state index is 0.0810. The molecule has 176 valence electrons. The van der Waals surface area contributed by atoms with E-state index in [9.17, 15) is 9.70 Å². The summed E-state index contributed by atoms with van der Waals surface area (Å²) in [6.07, 6.45) is 5.01. The van der Waals surface area contributed by atoms with Crippen LogP contribution in [0.3, 0.4) is 0 Å². The molecule has 0 aliphatic rings. The molecule has 0 saturated heterocycles. The van der Waals surface area contributed by atoms with Crippen LogP contribution in [0.5, 0.6) is 0 Å². The summed E-state index contributed by atoms with van der Waals surface area (Å²) in [7, 11) is 4.21. The van der Waals surface area contributed by atoms with Gasteiger partial charge in [0, 0.05) is 25.6 Å². The summed E-state index contributed by atoms with van der Waals surface area (Å²) in [6, 6.07) is 6.03. The minimum Gasteiger partial charge on any atom is -0.327 e. The van der Waals surface area contributed by atoms with Crippen LogP contribution in [-0.4, -0.2) is 41.0 Å². The number of fused-ring (bicyclic) bond motifs is 1. The maximum absolute atomic E-state index is 11.5. The Labute approximate surface area is 192 Å². The van der Waals surface area contributed by atoms with E-state index in [1.165, 1.54) is 6.08 Å². The first-order valence-corrected chi connectivity index (χ1v) is 11.2. The van der Waals surface area contributed by atoms with Crippen LogP contribution >= 0.6 is 0 Å². The Hall–Kier alpha value is -2.54. The summed E-state index contributed by atoms with van der Waals surface area (Å²) < 4.78 is 2.37. The standard InChI is InChI=1S/C25H39N5O2/c1-18(15-24(2,3)4)13-22-26-20-14-19(10-12-23(31)27-28-32)9-11-21(20)30(22)17-25(5,6)16-29(7)8/h9-12,14,18H,13,15-17H2,1-8H3,(H,27,31,32)/b12-10+. The number of carbonyl (C=O) groups excluding carboxylic acids is 1. The van der Waals surface area contributed by atoms with Crippen LogP contribution < -0.4 is 5.43 Å². The van der Waals surface area contributed by atoms with Crippen molar-refractivity contribution >= 4 is 23.0 Å². The van der Waals surface area contributed by atoms with Gasteiger partial charge in [0.05, 0.1) is 16.3 Å². The predicted molar refractivity (Wildman–Crippen MR) is 132 cm³/mol. The topological polar surface area (TPSA) is 79.6 Å². The minimum atomic E-state index is -0.548. The van der Waals surface area contributed by atoms with E-state index in [1.54, 1.807) is 6.08 Å². The van der Waals surface area contributed by atoms with Gasteiger partial charge in [0.25, 0.3) is 5.91 Å². The van der Waals surface area contributed by atoms with Crippen molar-refractivity contribution in [2.45, 2.75) is 60.9 Å². The second-order valence-electron chi connectivity index (χ2n) is 11.2. The van der Waals surface area contributed by atoms with E-state index in [0.29, 0.717) is 5.92 Å². The molecule has 1 atom stereocenters. The lowest BCUT2D eigenvalue weighted by atomic mass is 9.84. The van der Waals surface area contributed by atoms with Gasteiger partial charge in [0.2, 0.25) is 0 Å². The number of carbonyl (C=O) groups is 1. The molecule has 2 aromatic rings. The molecule has 0 radical (unpaired) electrons. The number of amides is 1. The summed E-state index contributed by atoms with van der Waals surface area (Å²) in [5, 5.41) is 2.40. The van der Waals surface area contributed by atoms with Crippen molar-refractivity contribution in [3.05, 3.63) is 40.6 Å². The second-order valence-corrected chi connectivity index (χ2v) is 11.2. The number of imidazole rings is 1. The summed E-state index contributed by atoms with van der Waals surface area (Å²) in [5.41, 5.74) is 5.09. The van der Waals surface area contributed by atoms with Gasteiger partial charge >= 0.3 is 0 Å². The van der Waals surface area contributed by atoms with Gasteiger partial charge in [0.1, 0.15) is 5.82 Å². The third-order valence-electron chi connectivity index (χ3n) is 5.26. The molecule has 1 aromatic heterocycles. The zero-order chi connectivity index (χ0) is 24.1. The number of benzene rings is 1. The van der Waals surface area contributed by atoms with Crippen molar-refractivity contribution in [3.8, 4) is 0 Å². The van der Waals surface area contributed by atoms with Crippen LogP contribution in [0.25, 0.3) is 17.1 Å². The second kappa shape index (κ2) is 10.4. The van der Waals surface area contributed by atoms with Crippen molar-refractivity contribution < 1.29 is 4.79 Å². The monoisotopic (exact) mass is 441 g/mol. The fourth-order valence-corrected chi connectivity index (χ4v) is 4.65. The van der Waals surface area contributed by atoms with E-state index in [2.05, 4.69) is 76.5 Å². The zero-order valence-electron chi connectivity index (χ0n) is 20.9. The number of nitrogens with zero attached hydrogens (tertiary/aromatic N) is 4. The lowest BCUT2D eigenvalue weighted by Gasteiger charge is -2.30. The Bertz CT molecular complexity index is 967. The van der Waals surface area contributed by atoms with Crippen molar-refractivity contribution in [1.29, 1.82) is 0 Å². The van der Waals surface area contributed by atoms with Crippen LogP contribution in [-0.2, 0) is 17.8 Å². The Kier molecular flexibility index (Phi) is 8.35. The first-order valence-electron chi connectivity index (χ1n) is 11.2. The summed E-state index contributed by atoms with van der Waals surface area (Å²) in [4.78, 5) is 28.9. The number of hydrogen-bond acceptors (Lipinski definition) is 5. The molecular weight excluding hydrogens is 402 g/mol. The van der Waals surface area contributed by atoms with Gasteiger partial charge in [-0.25, -0.2) is 10.4 Å². The third kappa shape index (κ3) is 7.86. The van der Waals surface area contributed by atoms with Gasteiger partial charge in [-0.2, -0.15) is 0 Å². The van der Waals surface area contributed by atoms with E-state index >= 15 is 0 Å². The van der Waals surface area contributed by atoms with Gasteiger partial charge < -0.3 is 9.47 Å². The van der Waals surface area contributed by atoms with E-state index in [4.69, 9.17) is 4.98 Å². The highest BCUT2D eigenvalue weighted by Crippen LogP contribution is 2.30. The normalized spacial score (nSPS) is 13.8. The van der Waals surface area contributed by atoms with Crippen molar-refractivity contribution in [2.24, 2.45) is 22.0 Å². The molecule has 1 unspecified atom stereocenters. The smallest absolute Gasteiger partial charge is 0.266 e. The summed E-state index contributed by atoms with van der Waals surface area (Å²) in [6.45, 7) is 15.6. The van der Waals surface area contributed by atoms with Gasteiger partial charge in [-0.1, -0.05) is 47.6 Å². The molecular formula is C25H39N5O2. The highest BCUT2D eigenvalue weighted by Gasteiger charge is 2.24. The van der Waals surface area contributed by atoms with Crippen LogP contribution in [0.4, 0.5) is 0 Å². The lowest BCUT2D eigenvalue weighted by Crippen LogP contribution is -2.33. The van der Waals surface area contributed by atoms with Gasteiger partial charge in [-0.3, -0.25) is 4.79 Å². The molecule has 0 fully saturated rings. The average molecular weight is 442 g/mol.